The van der Waals surface area contributed by atoms with E-state index in [1.54, 1.807) is 0 Å². The molecule has 1 aliphatic carbocycles. The summed E-state index contributed by atoms with van der Waals surface area (Å²) in [4.78, 5) is 0. The molecule has 0 aromatic heterocycles. The van der Waals surface area contributed by atoms with Crippen LogP contribution in [0.4, 0.5) is 0 Å². The zero-order valence-corrected chi connectivity index (χ0v) is 13.0. The molecule has 20 heavy (non-hydrogen) atoms. The van der Waals surface area contributed by atoms with Gasteiger partial charge in [0.2, 0.25) is 0 Å². The van der Waals surface area contributed by atoms with Crippen LogP contribution in [0.25, 0.3) is 0 Å². The Bertz CT molecular complexity index is 404. The van der Waals surface area contributed by atoms with Gasteiger partial charge < -0.3 is 10.5 Å². The molecule has 2 heteroatoms. The van der Waals surface area contributed by atoms with E-state index in [1.807, 2.05) is 0 Å². The number of hydrogen-bond acceptors (Lipinski definition) is 2. The molecule has 0 aliphatic heterocycles. The van der Waals surface area contributed by atoms with E-state index in [9.17, 15) is 0 Å². The second kappa shape index (κ2) is 7.68. The van der Waals surface area contributed by atoms with Crippen molar-refractivity contribution in [2.24, 2.45) is 17.6 Å². The van der Waals surface area contributed by atoms with Crippen molar-refractivity contribution in [3.63, 3.8) is 0 Å². The van der Waals surface area contributed by atoms with Crippen molar-refractivity contribution in [1.29, 1.82) is 0 Å². The van der Waals surface area contributed by atoms with E-state index >= 15 is 0 Å². The fourth-order valence-electron chi connectivity index (χ4n) is 3.50. The third-order valence-electron chi connectivity index (χ3n) is 4.56. The lowest BCUT2D eigenvalue weighted by Crippen LogP contribution is -2.26. The summed E-state index contributed by atoms with van der Waals surface area (Å²) in [5, 5.41) is 0. The fraction of sp³-hybridized carbons (Fsp3) is 0.667. The SMILES string of the molecule is CCCOc1cccc(C(CN)C2CCCC(C)C2)c1. The summed E-state index contributed by atoms with van der Waals surface area (Å²) in [6, 6.07) is 8.58. The molecular weight excluding hydrogens is 246 g/mol. The molecule has 3 atom stereocenters. The number of hydrogen-bond donors (Lipinski definition) is 1. The van der Waals surface area contributed by atoms with E-state index in [0.29, 0.717) is 5.92 Å². The maximum Gasteiger partial charge on any atom is 0.119 e. The van der Waals surface area contributed by atoms with E-state index < -0.39 is 0 Å². The van der Waals surface area contributed by atoms with Crippen LogP contribution in [-0.2, 0) is 0 Å². The van der Waals surface area contributed by atoms with Gasteiger partial charge in [-0.05, 0) is 61.3 Å². The van der Waals surface area contributed by atoms with E-state index in [4.69, 9.17) is 10.5 Å². The van der Waals surface area contributed by atoms with Gasteiger partial charge in [0.15, 0.2) is 0 Å². The topological polar surface area (TPSA) is 35.2 Å². The Morgan fingerprint density at radius 1 is 1.35 bits per heavy atom. The molecule has 0 radical (unpaired) electrons. The standard InChI is InChI=1S/C18H29NO/c1-3-10-20-17-9-5-8-16(12-17)18(13-19)15-7-4-6-14(2)11-15/h5,8-9,12,14-15,18H,3-4,6-7,10-11,13,19H2,1-2H3. The maximum atomic E-state index is 6.09. The number of rotatable bonds is 6. The first-order valence-electron chi connectivity index (χ1n) is 8.17. The van der Waals surface area contributed by atoms with Gasteiger partial charge in [0, 0.05) is 0 Å². The highest BCUT2D eigenvalue weighted by molar-refractivity contribution is 5.31. The van der Waals surface area contributed by atoms with Crippen LogP contribution in [0.15, 0.2) is 24.3 Å². The first-order valence-corrected chi connectivity index (χ1v) is 8.17. The van der Waals surface area contributed by atoms with Crippen molar-refractivity contribution in [2.45, 2.75) is 51.9 Å². The van der Waals surface area contributed by atoms with Gasteiger partial charge in [-0.2, -0.15) is 0 Å². The van der Waals surface area contributed by atoms with Gasteiger partial charge in [-0.25, -0.2) is 0 Å². The summed E-state index contributed by atoms with van der Waals surface area (Å²) in [6.45, 7) is 6.04. The molecule has 3 unspecified atom stereocenters. The van der Waals surface area contributed by atoms with E-state index in [0.717, 1.165) is 37.2 Å². The predicted molar refractivity (Wildman–Crippen MR) is 85.1 cm³/mol. The van der Waals surface area contributed by atoms with Crippen LogP contribution in [0.5, 0.6) is 5.75 Å². The van der Waals surface area contributed by atoms with Gasteiger partial charge in [0.25, 0.3) is 0 Å². The number of nitrogens with two attached hydrogens (primary N) is 1. The predicted octanol–water partition coefficient (Wildman–Crippen LogP) is 4.34. The normalized spacial score (nSPS) is 24.4. The van der Waals surface area contributed by atoms with Crippen LogP contribution in [0.1, 0.15) is 57.4 Å². The Hall–Kier alpha value is -1.02. The summed E-state index contributed by atoms with van der Waals surface area (Å²) in [5.74, 6) is 3.07. The van der Waals surface area contributed by atoms with Gasteiger partial charge in [0.1, 0.15) is 5.75 Å². The zero-order chi connectivity index (χ0) is 14.4. The van der Waals surface area contributed by atoms with Crippen molar-refractivity contribution in [3.8, 4) is 5.75 Å². The largest absolute Gasteiger partial charge is 0.494 e. The monoisotopic (exact) mass is 275 g/mol. The highest BCUT2D eigenvalue weighted by Crippen LogP contribution is 2.38. The van der Waals surface area contributed by atoms with Gasteiger partial charge >= 0.3 is 0 Å². The van der Waals surface area contributed by atoms with Crippen molar-refractivity contribution in [3.05, 3.63) is 29.8 Å². The Morgan fingerprint density at radius 3 is 2.90 bits per heavy atom. The molecule has 1 aromatic carbocycles. The quantitative estimate of drug-likeness (QED) is 0.838. The molecule has 112 valence electrons. The molecular formula is C18H29NO. The van der Waals surface area contributed by atoms with Crippen LogP contribution in [0, 0.1) is 11.8 Å². The lowest BCUT2D eigenvalue weighted by molar-refractivity contribution is 0.247. The average molecular weight is 275 g/mol. The van der Waals surface area contributed by atoms with Crippen LogP contribution in [0.3, 0.4) is 0 Å². The lowest BCUT2D eigenvalue weighted by Gasteiger charge is -2.33. The van der Waals surface area contributed by atoms with Gasteiger partial charge in [0.05, 0.1) is 6.61 Å². The minimum absolute atomic E-state index is 0.489. The van der Waals surface area contributed by atoms with E-state index in [1.165, 1.54) is 31.2 Å². The van der Waals surface area contributed by atoms with Crippen LogP contribution in [-0.4, -0.2) is 13.2 Å². The van der Waals surface area contributed by atoms with Crippen molar-refractivity contribution in [1.82, 2.24) is 0 Å². The molecule has 0 spiro atoms. The van der Waals surface area contributed by atoms with Gasteiger partial charge in [-0.3, -0.25) is 0 Å². The Kier molecular flexibility index (Phi) is 5.90. The molecule has 2 nitrogen and oxygen atoms in total. The molecule has 1 fully saturated rings. The lowest BCUT2D eigenvalue weighted by atomic mass is 9.73. The smallest absolute Gasteiger partial charge is 0.119 e. The van der Waals surface area contributed by atoms with Crippen LogP contribution < -0.4 is 10.5 Å². The average Bonchev–Trinajstić information content (AvgIpc) is 2.46. The third-order valence-corrected chi connectivity index (χ3v) is 4.56. The first-order chi connectivity index (χ1) is 9.74. The molecule has 2 rings (SSSR count). The summed E-state index contributed by atoms with van der Waals surface area (Å²) in [6.07, 6.45) is 6.43. The molecule has 0 saturated heterocycles. The summed E-state index contributed by atoms with van der Waals surface area (Å²) < 4.78 is 5.76. The summed E-state index contributed by atoms with van der Waals surface area (Å²) in [7, 11) is 0. The Labute approximate surface area is 123 Å². The Balaban J connectivity index is 2.09. The third kappa shape index (κ3) is 3.99. The van der Waals surface area contributed by atoms with Crippen molar-refractivity contribution >= 4 is 0 Å². The van der Waals surface area contributed by atoms with Crippen LogP contribution >= 0.6 is 0 Å². The summed E-state index contributed by atoms with van der Waals surface area (Å²) >= 11 is 0. The molecule has 0 amide bonds. The Morgan fingerprint density at radius 2 is 2.20 bits per heavy atom. The highest BCUT2D eigenvalue weighted by Gasteiger charge is 2.27. The second-order valence-electron chi connectivity index (χ2n) is 6.30. The minimum Gasteiger partial charge on any atom is -0.494 e. The molecule has 2 N–H and O–H groups in total. The minimum atomic E-state index is 0.489. The van der Waals surface area contributed by atoms with E-state index in [-0.39, 0.29) is 0 Å². The molecule has 0 heterocycles. The van der Waals surface area contributed by atoms with Crippen molar-refractivity contribution < 1.29 is 4.74 Å². The second-order valence-corrected chi connectivity index (χ2v) is 6.30. The van der Waals surface area contributed by atoms with E-state index in [2.05, 4.69) is 38.1 Å². The highest BCUT2D eigenvalue weighted by atomic mass is 16.5. The van der Waals surface area contributed by atoms with Gasteiger partial charge in [-0.1, -0.05) is 38.8 Å². The number of benzene rings is 1. The first kappa shape index (κ1) is 15.4. The molecule has 1 aromatic rings. The molecule has 0 bridgehead atoms. The maximum absolute atomic E-state index is 6.09. The molecule has 1 aliphatic rings. The molecule has 1 saturated carbocycles. The summed E-state index contributed by atoms with van der Waals surface area (Å²) in [5.41, 5.74) is 7.45. The zero-order valence-electron chi connectivity index (χ0n) is 13.0. The van der Waals surface area contributed by atoms with Crippen LogP contribution in [0.2, 0.25) is 0 Å². The number of ether oxygens (including phenoxy) is 1. The van der Waals surface area contributed by atoms with Crippen molar-refractivity contribution in [2.75, 3.05) is 13.2 Å². The fourth-order valence-corrected chi connectivity index (χ4v) is 3.50. The van der Waals surface area contributed by atoms with Gasteiger partial charge in [-0.15, -0.1) is 0 Å².